The second-order valence-electron chi connectivity index (χ2n) is 2.40. The molecule has 0 saturated carbocycles. The van der Waals surface area contributed by atoms with E-state index in [1.54, 1.807) is 18.5 Å². The summed E-state index contributed by atoms with van der Waals surface area (Å²) < 4.78 is 4.33. The first-order valence-electron chi connectivity index (χ1n) is 3.72. The summed E-state index contributed by atoms with van der Waals surface area (Å²) in [5, 5.41) is 2.52. The molecule has 0 aliphatic carbocycles. The molecule has 5 heteroatoms. The molecule has 0 unspecified atom stereocenters. The van der Waals surface area contributed by atoms with E-state index in [1.165, 1.54) is 7.11 Å². The monoisotopic (exact) mass is 182 g/mol. The Balaban J connectivity index is 2.38. The lowest BCUT2D eigenvalue weighted by Gasteiger charge is -2.00. The molecule has 0 spiro atoms. The van der Waals surface area contributed by atoms with Crippen molar-refractivity contribution in [2.24, 2.45) is 0 Å². The lowest BCUT2D eigenvalue weighted by atomic mass is 10.4. The van der Waals surface area contributed by atoms with Crippen LogP contribution in [0.4, 0.5) is 5.69 Å². The van der Waals surface area contributed by atoms with E-state index in [2.05, 4.69) is 15.0 Å². The smallest absolute Gasteiger partial charge is 0.315 e. The van der Waals surface area contributed by atoms with Gasteiger partial charge >= 0.3 is 5.97 Å². The number of ether oxygens (including phenoxy) is 1. The van der Waals surface area contributed by atoms with Gasteiger partial charge in [-0.3, -0.25) is 9.59 Å². The maximum Gasteiger partial charge on any atom is 0.315 e. The average molecular weight is 182 g/mol. The zero-order valence-electron chi connectivity index (χ0n) is 7.16. The molecule has 0 aliphatic rings. The predicted octanol–water partition coefficient (Wildman–Crippen LogP) is 0.516. The summed E-state index contributed by atoms with van der Waals surface area (Å²) in [4.78, 5) is 24.5. The van der Waals surface area contributed by atoms with E-state index in [0.29, 0.717) is 5.69 Å². The Morgan fingerprint density at radius 2 is 2.38 bits per heavy atom. The van der Waals surface area contributed by atoms with Crippen molar-refractivity contribution in [2.45, 2.75) is 6.42 Å². The Kier molecular flexibility index (Phi) is 3.08. The van der Waals surface area contributed by atoms with Crippen LogP contribution in [-0.4, -0.2) is 24.0 Å². The van der Waals surface area contributed by atoms with E-state index in [4.69, 9.17) is 0 Å². The number of aromatic amines is 1. The van der Waals surface area contributed by atoms with Crippen molar-refractivity contribution in [2.75, 3.05) is 12.4 Å². The van der Waals surface area contributed by atoms with Crippen LogP contribution in [0.2, 0.25) is 0 Å². The molecule has 1 amide bonds. The van der Waals surface area contributed by atoms with Gasteiger partial charge in [-0.15, -0.1) is 0 Å². The molecular weight excluding hydrogens is 172 g/mol. The third kappa shape index (κ3) is 2.98. The molecule has 0 aromatic carbocycles. The summed E-state index contributed by atoms with van der Waals surface area (Å²) in [5.41, 5.74) is 0.633. The van der Waals surface area contributed by atoms with Crippen LogP contribution < -0.4 is 5.32 Å². The molecule has 0 saturated heterocycles. The molecule has 1 aromatic heterocycles. The van der Waals surface area contributed by atoms with Crippen molar-refractivity contribution in [3.63, 3.8) is 0 Å². The van der Waals surface area contributed by atoms with Crippen molar-refractivity contribution >= 4 is 17.6 Å². The number of amides is 1. The maximum atomic E-state index is 11.1. The average Bonchev–Trinajstić information content (AvgIpc) is 2.56. The highest BCUT2D eigenvalue weighted by molar-refractivity contribution is 6.01. The molecule has 0 radical (unpaired) electrons. The van der Waals surface area contributed by atoms with Gasteiger partial charge in [-0.25, -0.2) is 0 Å². The van der Waals surface area contributed by atoms with Gasteiger partial charge in [-0.2, -0.15) is 0 Å². The number of hydrogen-bond donors (Lipinski definition) is 2. The van der Waals surface area contributed by atoms with Gasteiger partial charge in [0, 0.05) is 12.4 Å². The van der Waals surface area contributed by atoms with E-state index >= 15 is 0 Å². The summed E-state index contributed by atoms with van der Waals surface area (Å²) in [6.45, 7) is 0. The van der Waals surface area contributed by atoms with E-state index in [0.717, 1.165) is 0 Å². The van der Waals surface area contributed by atoms with Crippen LogP contribution in [0, 0.1) is 0 Å². The van der Waals surface area contributed by atoms with Gasteiger partial charge in [0.25, 0.3) is 0 Å². The van der Waals surface area contributed by atoms with Gasteiger partial charge in [0.1, 0.15) is 6.42 Å². The van der Waals surface area contributed by atoms with Crippen LogP contribution in [0.1, 0.15) is 6.42 Å². The summed E-state index contributed by atoms with van der Waals surface area (Å²) in [5.74, 6) is -0.931. The number of carbonyl (C=O) groups excluding carboxylic acids is 2. The maximum absolute atomic E-state index is 11.1. The van der Waals surface area contributed by atoms with Gasteiger partial charge in [0.2, 0.25) is 5.91 Å². The zero-order chi connectivity index (χ0) is 9.68. The summed E-state index contributed by atoms with van der Waals surface area (Å²) in [6, 6.07) is 1.69. The molecule has 0 fully saturated rings. The lowest BCUT2D eigenvalue weighted by molar-refractivity contribution is -0.142. The molecule has 5 nitrogen and oxygen atoms in total. The minimum atomic E-state index is -0.548. The third-order valence-corrected chi connectivity index (χ3v) is 1.41. The molecule has 13 heavy (non-hydrogen) atoms. The van der Waals surface area contributed by atoms with Crippen LogP contribution >= 0.6 is 0 Å². The highest BCUT2D eigenvalue weighted by Crippen LogP contribution is 2.03. The van der Waals surface area contributed by atoms with Crippen LogP contribution in [0.3, 0.4) is 0 Å². The van der Waals surface area contributed by atoms with E-state index in [1.807, 2.05) is 0 Å². The van der Waals surface area contributed by atoms with E-state index in [9.17, 15) is 9.59 Å². The lowest BCUT2D eigenvalue weighted by Crippen LogP contribution is -2.16. The number of anilines is 1. The number of hydrogen-bond acceptors (Lipinski definition) is 3. The minimum absolute atomic E-state index is 0.262. The molecule has 0 bridgehead atoms. The Morgan fingerprint density at radius 1 is 1.62 bits per heavy atom. The summed E-state index contributed by atoms with van der Waals surface area (Å²) >= 11 is 0. The number of carbonyl (C=O) groups is 2. The fourth-order valence-corrected chi connectivity index (χ4v) is 0.810. The standard InChI is InChI=1S/C8H10N2O3/c1-13-8(12)4-7(11)10-6-2-3-9-5-6/h2-3,5,9H,4H2,1H3,(H,10,11). The molecule has 1 heterocycles. The Morgan fingerprint density at radius 3 is 2.92 bits per heavy atom. The second kappa shape index (κ2) is 4.30. The largest absolute Gasteiger partial charge is 0.469 e. The Bertz CT molecular complexity index is 292. The molecule has 0 aliphatic heterocycles. The highest BCUT2D eigenvalue weighted by Gasteiger charge is 2.08. The molecule has 1 aromatic rings. The molecular formula is C8H10N2O3. The Labute approximate surface area is 75.1 Å². The van der Waals surface area contributed by atoms with Crippen LogP contribution in [0.25, 0.3) is 0 Å². The molecule has 0 atom stereocenters. The fourth-order valence-electron chi connectivity index (χ4n) is 0.810. The van der Waals surface area contributed by atoms with Gasteiger partial charge < -0.3 is 15.0 Å². The highest BCUT2D eigenvalue weighted by atomic mass is 16.5. The van der Waals surface area contributed by atoms with Crippen molar-refractivity contribution in [1.82, 2.24) is 4.98 Å². The molecule has 1 rings (SSSR count). The van der Waals surface area contributed by atoms with Crippen LogP contribution in [0.15, 0.2) is 18.5 Å². The van der Waals surface area contributed by atoms with E-state index in [-0.39, 0.29) is 12.3 Å². The summed E-state index contributed by atoms with van der Waals surface area (Å²) in [6.07, 6.45) is 3.03. The van der Waals surface area contributed by atoms with Gasteiger partial charge in [-0.05, 0) is 6.07 Å². The topological polar surface area (TPSA) is 71.2 Å². The first-order valence-corrected chi connectivity index (χ1v) is 3.72. The first-order chi connectivity index (χ1) is 6.22. The number of aromatic nitrogens is 1. The predicted molar refractivity (Wildman–Crippen MR) is 46.1 cm³/mol. The van der Waals surface area contributed by atoms with Crippen molar-refractivity contribution in [3.05, 3.63) is 18.5 Å². The second-order valence-corrected chi connectivity index (χ2v) is 2.40. The van der Waals surface area contributed by atoms with Crippen molar-refractivity contribution in [1.29, 1.82) is 0 Å². The first kappa shape index (κ1) is 9.31. The SMILES string of the molecule is COC(=O)CC(=O)Nc1cc[nH]c1. The third-order valence-electron chi connectivity index (χ3n) is 1.41. The number of methoxy groups -OCH3 is 1. The van der Waals surface area contributed by atoms with Gasteiger partial charge in [0.05, 0.1) is 12.8 Å². The van der Waals surface area contributed by atoms with Gasteiger partial charge in [0.15, 0.2) is 0 Å². The van der Waals surface area contributed by atoms with Gasteiger partial charge in [-0.1, -0.05) is 0 Å². The normalized spacial score (nSPS) is 9.31. The van der Waals surface area contributed by atoms with Crippen LogP contribution in [0.5, 0.6) is 0 Å². The minimum Gasteiger partial charge on any atom is -0.469 e. The van der Waals surface area contributed by atoms with Crippen LogP contribution in [-0.2, 0) is 14.3 Å². The molecule has 2 N–H and O–H groups in total. The number of esters is 1. The number of rotatable bonds is 3. The fraction of sp³-hybridized carbons (Fsp3) is 0.250. The number of H-pyrrole nitrogens is 1. The van der Waals surface area contributed by atoms with Crippen molar-refractivity contribution < 1.29 is 14.3 Å². The zero-order valence-corrected chi connectivity index (χ0v) is 7.16. The van der Waals surface area contributed by atoms with E-state index < -0.39 is 5.97 Å². The Hall–Kier alpha value is -1.78. The summed E-state index contributed by atoms with van der Waals surface area (Å²) in [7, 11) is 1.24. The number of nitrogens with one attached hydrogen (secondary N) is 2. The molecule has 70 valence electrons. The van der Waals surface area contributed by atoms with Crippen molar-refractivity contribution in [3.8, 4) is 0 Å². The quantitative estimate of drug-likeness (QED) is 0.528.